The van der Waals surface area contributed by atoms with E-state index < -0.39 is 0 Å². The van der Waals surface area contributed by atoms with E-state index in [1.54, 1.807) is 0 Å². The Morgan fingerprint density at radius 3 is 2.87 bits per heavy atom. The van der Waals surface area contributed by atoms with Crippen molar-refractivity contribution in [3.63, 3.8) is 0 Å². The Bertz CT molecular complexity index is 353. The van der Waals surface area contributed by atoms with Crippen molar-refractivity contribution in [1.82, 2.24) is 9.97 Å². The quantitative estimate of drug-likeness (QED) is 0.771. The summed E-state index contributed by atoms with van der Waals surface area (Å²) < 4.78 is 0. The van der Waals surface area contributed by atoms with Gasteiger partial charge in [0.1, 0.15) is 17.3 Å². The lowest BCUT2D eigenvalue weighted by atomic mass is 9.89. The zero-order chi connectivity index (χ0) is 10.8. The van der Waals surface area contributed by atoms with E-state index >= 15 is 0 Å². The van der Waals surface area contributed by atoms with Crippen LogP contribution < -0.4 is 5.32 Å². The standard InChI is InChI=1S/C10H14ClN3O/c1-2-8-9(11)12-5-13-10(8)14-6-3-7(15)4-6/h5-7,15H,2-4H2,1H3,(H,12,13,14). The number of nitrogens with one attached hydrogen (secondary N) is 1. The van der Waals surface area contributed by atoms with Crippen molar-refractivity contribution in [3.05, 3.63) is 17.0 Å². The number of halogens is 1. The maximum absolute atomic E-state index is 9.18. The highest BCUT2D eigenvalue weighted by atomic mass is 35.5. The molecule has 0 radical (unpaired) electrons. The van der Waals surface area contributed by atoms with E-state index in [1.807, 2.05) is 6.92 Å². The molecule has 1 aromatic heterocycles. The van der Waals surface area contributed by atoms with Gasteiger partial charge in [0.15, 0.2) is 0 Å². The van der Waals surface area contributed by atoms with Gasteiger partial charge < -0.3 is 10.4 Å². The molecule has 2 rings (SSSR count). The summed E-state index contributed by atoms with van der Waals surface area (Å²) in [6, 6.07) is 0.316. The topological polar surface area (TPSA) is 58.0 Å². The molecule has 5 heteroatoms. The van der Waals surface area contributed by atoms with Gasteiger partial charge in [-0.2, -0.15) is 0 Å². The molecular weight excluding hydrogens is 214 g/mol. The van der Waals surface area contributed by atoms with Crippen LogP contribution in [0.3, 0.4) is 0 Å². The van der Waals surface area contributed by atoms with Crippen molar-refractivity contribution >= 4 is 17.4 Å². The molecule has 1 saturated carbocycles. The normalized spacial score (nSPS) is 24.7. The van der Waals surface area contributed by atoms with Gasteiger partial charge in [-0.1, -0.05) is 18.5 Å². The number of anilines is 1. The van der Waals surface area contributed by atoms with Crippen molar-refractivity contribution in [1.29, 1.82) is 0 Å². The summed E-state index contributed by atoms with van der Waals surface area (Å²) in [5.41, 5.74) is 0.945. The first kappa shape index (κ1) is 10.6. The molecule has 0 saturated heterocycles. The summed E-state index contributed by atoms with van der Waals surface area (Å²) in [5.74, 6) is 0.800. The van der Waals surface area contributed by atoms with Crippen molar-refractivity contribution in [2.24, 2.45) is 0 Å². The minimum atomic E-state index is -0.162. The van der Waals surface area contributed by atoms with E-state index in [9.17, 15) is 5.11 Å². The Labute approximate surface area is 93.7 Å². The van der Waals surface area contributed by atoms with Crippen LogP contribution in [-0.4, -0.2) is 27.2 Å². The van der Waals surface area contributed by atoms with Gasteiger partial charge in [-0.05, 0) is 19.3 Å². The Kier molecular flexibility index (Phi) is 3.07. The van der Waals surface area contributed by atoms with Crippen LogP contribution in [0.2, 0.25) is 5.15 Å². The summed E-state index contributed by atoms with van der Waals surface area (Å²) in [4.78, 5) is 8.11. The largest absolute Gasteiger partial charge is 0.393 e. The third-order valence-electron chi connectivity index (χ3n) is 2.70. The van der Waals surface area contributed by atoms with Crippen LogP contribution in [0.25, 0.3) is 0 Å². The van der Waals surface area contributed by atoms with Crippen LogP contribution >= 0.6 is 11.6 Å². The number of hydrogen-bond donors (Lipinski definition) is 2. The van der Waals surface area contributed by atoms with Gasteiger partial charge in [-0.25, -0.2) is 9.97 Å². The van der Waals surface area contributed by atoms with Crippen LogP contribution in [0.15, 0.2) is 6.33 Å². The lowest BCUT2D eigenvalue weighted by Crippen LogP contribution is -2.39. The molecule has 0 unspecified atom stereocenters. The average molecular weight is 228 g/mol. The van der Waals surface area contributed by atoms with E-state index in [-0.39, 0.29) is 6.10 Å². The van der Waals surface area contributed by atoms with Crippen LogP contribution in [0.1, 0.15) is 25.3 Å². The molecule has 1 aliphatic carbocycles. The third-order valence-corrected chi connectivity index (χ3v) is 3.03. The molecule has 0 aromatic carbocycles. The number of aliphatic hydroxyl groups is 1. The van der Waals surface area contributed by atoms with Crippen molar-refractivity contribution in [2.75, 3.05) is 5.32 Å². The molecule has 4 nitrogen and oxygen atoms in total. The fourth-order valence-corrected chi connectivity index (χ4v) is 1.99. The van der Waals surface area contributed by atoms with E-state index in [0.717, 1.165) is 30.6 Å². The predicted molar refractivity (Wildman–Crippen MR) is 59.1 cm³/mol. The van der Waals surface area contributed by atoms with Crippen LogP contribution in [0.5, 0.6) is 0 Å². The van der Waals surface area contributed by atoms with Gasteiger partial charge in [0.2, 0.25) is 0 Å². The number of rotatable bonds is 3. The fourth-order valence-electron chi connectivity index (χ4n) is 1.73. The van der Waals surface area contributed by atoms with Crippen molar-refractivity contribution in [3.8, 4) is 0 Å². The maximum Gasteiger partial charge on any atom is 0.137 e. The molecule has 15 heavy (non-hydrogen) atoms. The second kappa shape index (κ2) is 4.33. The molecule has 82 valence electrons. The SMILES string of the molecule is CCc1c(Cl)ncnc1NC1CC(O)C1. The lowest BCUT2D eigenvalue weighted by Gasteiger charge is -2.32. The molecule has 1 heterocycles. The average Bonchev–Trinajstić information content (AvgIpc) is 2.16. The first-order chi connectivity index (χ1) is 7.20. The van der Waals surface area contributed by atoms with Gasteiger partial charge >= 0.3 is 0 Å². The number of nitrogens with zero attached hydrogens (tertiary/aromatic N) is 2. The first-order valence-corrected chi connectivity index (χ1v) is 5.52. The van der Waals surface area contributed by atoms with Gasteiger partial charge in [0, 0.05) is 11.6 Å². The Morgan fingerprint density at radius 2 is 2.27 bits per heavy atom. The van der Waals surface area contributed by atoms with Gasteiger partial charge in [0.05, 0.1) is 6.10 Å². The minimum absolute atomic E-state index is 0.162. The highest BCUT2D eigenvalue weighted by molar-refractivity contribution is 6.30. The zero-order valence-electron chi connectivity index (χ0n) is 8.57. The number of aliphatic hydroxyl groups excluding tert-OH is 1. The van der Waals surface area contributed by atoms with E-state index in [1.165, 1.54) is 6.33 Å². The van der Waals surface area contributed by atoms with Crippen LogP contribution in [-0.2, 0) is 6.42 Å². The molecule has 0 atom stereocenters. The zero-order valence-corrected chi connectivity index (χ0v) is 9.33. The summed E-state index contributed by atoms with van der Waals surface area (Å²) in [5, 5.41) is 13.0. The summed E-state index contributed by atoms with van der Waals surface area (Å²) >= 11 is 5.96. The third kappa shape index (κ3) is 2.21. The van der Waals surface area contributed by atoms with Gasteiger partial charge in [-0.3, -0.25) is 0 Å². The fraction of sp³-hybridized carbons (Fsp3) is 0.600. The van der Waals surface area contributed by atoms with Gasteiger partial charge in [0.25, 0.3) is 0 Å². The summed E-state index contributed by atoms with van der Waals surface area (Å²) in [7, 11) is 0. The Balaban J connectivity index is 2.10. The van der Waals surface area contributed by atoms with Gasteiger partial charge in [-0.15, -0.1) is 0 Å². The van der Waals surface area contributed by atoms with E-state index in [4.69, 9.17) is 11.6 Å². The van der Waals surface area contributed by atoms with Crippen molar-refractivity contribution in [2.45, 2.75) is 38.3 Å². The summed E-state index contributed by atoms with van der Waals surface area (Å²) in [6.45, 7) is 2.02. The predicted octanol–water partition coefficient (Wildman–Crippen LogP) is 1.63. The lowest BCUT2D eigenvalue weighted by molar-refractivity contribution is 0.0835. The first-order valence-electron chi connectivity index (χ1n) is 5.14. The number of aromatic nitrogens is 2. The molecule has 2 N–H and O–H groups in total. The molecule has 1 fully saturated rings. The Morgan fingerprint density at radius 1 is 1.53 bits per heavy atom. The molecule has 0 amide bonds. The second-order valence-electron chi connectivity index (χ2n) is 3.81. The van der Waals surface area contributed by atoms with Crippen LogP contribution in [0, 0.1) is 0 Å². The molecule has 0 bridgehead atoms. The minimum Gasteiger partial charge on any atom is -0.393 e. The highest BCUT2D eigenvalue weighted by Gasteiger charge is 2.27. The van der Waals surface area contributed by atoms with E-state index in [0.29, 0.717) is 11.2 Å². The summed E-state index contributed by atoms with van der Waals surface area (Å²) in [6.07, 6.45) is 3.66. The molecule has 0 aliphatic heterocycles. The molecule has 1 aromatic rings. The molecule has 0 spiro atoms. The molecular formula is C10H14ClN3O. The monoisotopic (exact) mass is 227 g/mol. The smallest absolute Gasteiger partial charge is 0.137 e. The van der Waals surface area contributed by atoms with Crippen LogP contribution in [0.4, 0.5) is 5.82 Å². The second-order valence-corrected chi connectivity index (χ2v) is 4.17. The molecule has 1 aliphatic rings. The van der Waals surface area contributed by atoms with Crippen molar-refractivity contribution < 1.29 is 5.11 Å². The maximum atomic E-state index is 9.18. The Hall–Kier alpha value is -0.870. The van der Waals surface area contributed by atoms with E-state index in [2.05, 4.69) is 15.3 Å². The number of hydrogen-bond acceptors (Lipinski definition) is 4. The highest BCUT2D eigenvalue weighted by Crippen LogP contribution is 2.26.